The maximum atomic E-state index is 12.1. The largest absolute Gasteiger partial charge is 0.334 e. The van der Waals surface area contributed by atoms with Crippen molar-refractivity contribution in [2.24, 2.45) is 5.92 Å². The minimum atomic E-state index is -0.979. The third kappa shape index (κ3) is 4.39. The van der Waals surface area contributed by atoms with Crippen LogP contribution in [0.4, 0.5) is 4.79 Å². The van der Waals surface area contributed by atoms with E-state index >= 15 is 0 Å². The molecular weight excluding hydrogens is 330 g/mol. The van der Waals surface area contributed by atoms with Gasteiger partial charge in [0.05, 0.1) is 6.04 Å². The molecule has 2 N–H and O–H groups in total. The van der Waals surface area contributed by atoms with Crippen molar-refractivity contribution in [2.45, 2.75) is 30.3 Å². The van der Waals surface area contributed by atoms with Crippen LogP contribution < -0.4 is 10.6 Å². The predicted octanol–water partition coefficient (Wildman–Crippen LogP) is 2.83. The van der Waals surface area contributed by atoms with E-state index in [1.54, 1.807) is 23.8 Å². The zero-order valence-corrected chi connectivity index (χ0v) is 14.5. The number of rotatable bonds is 6. The number of nitrogens with one attached hydrogen (secondary N) is 2. The number of nitrogens with zero attached hydrogens (tertiary/aromatic N) is 1. The Morgan fingerprint density at radius 3 is 2.70 bits per heavy atom. The molecule has 0 spiro atoms. The predicted molar refractivity (Wildman–Crippen MR) is 91.7 cm³/mol. The zero-order valence-electron chi connectivity index (χ0n) is 12.8. The highest BCUT2D eigenvalue weighted by molar-refractivity contribution is 7.84. The molecular formula is C16H19N3O2S2. The summed E-state index contributed by atoms with van der Waals surface area (Å²) in [5.74, 6) is 0.505. The molecule has 2 atom stereocenters. The molecule has 122 valence electrons. The molecule has 0 saturated heterocycles. The summed E-state index contributed by atoms with van der Waals surface area (Å²) in [6.45, 7) is 0.442. The topological polar surface area (TPSA) is 71.1 Å². The van der Waals surface area contributed by atoms with Crippen molar-refractivity contribution < 1.29 is 9.00 Å². The minimum absolute atomic E-state index is 0.0138. The van der Waals surface area contributed by atoms with Gasteiger partial charge in [-0.3, -0.25) is 4.21 Å². The average molecular weight is 349 g/mol. The maximum Gasteiger partial charge on any atom is 0.315 e. The lowest BCUT2D eigenvalue weighted by Gasteiger charge is -2.16. The van der Waals surface area contributed by atoms with Gasteiger partial charge in [-0.05, 0) is 36.5 Å². The fourth-order valence-corrected chi connectivity index (χ4v) is 3.67. The summed E-state index contributed by atoms with van der Waals surface area (Å²) < 4.78 is 11.4. The Labute approximate surface area is 142 Å². The van der Waals surface area contributed by atoms with E-state index in [1.807, 2.05) is 29.6 Å². The maximum absolute atomic E-state index is 12.1. The Balaban J connectivity index is 1.53. The lowest BCUT2D eigenvalue weighted by Crippen LogP contribution is -2.38. The molecule has 1 heterocycles. The van der Waals surface area contributed by atoms with Gasteiger partial charge in [0.2, 0.25) is 0 Å². The molecule has 2 aromatic rings. The number of carbonyl (C=O) groups excluding carboxylic acids is 1. The Morgan fingerprint density at radius 1 is 1.39 bits per heavy atom. The molecule has 0 radical (unpaired) electrons. The van der Waals surface area contributed by atoms with Crippen molar-refractivity contribution in [1.82, 2.24) is 15.6 Å². The number of carbonyl (C=O) groups is 1. The molecule has 3 rings (SSSR count). The Hall–Kier alpha value is -1.73. The van der Waals surface area contributed by atoms with E-state index in [0.717, 1.165) is 28.3 Å². The number of amides is 2. The molecule has 1 aromatic heterocycles. The van der Waals surface area contributed by atoms with Gasteiger partial charge in [-0.1, -0.05) is 12.1 Å². The van der Waals surface area contributed by atoms with Gasteiger partial charge in [0.1, 0.15) is 5.01 Å². The van der Waals surface area contributed by atoms with Crippen molar-refractivity contribution >= 4 is 28.2 Å². The summed E-state index contributed by atoms with van der Waals surface area (Å²) in [6, 6.07) is 7.26. The second-order valence-corrected chi connectivity index (χ2v) is 7.92. The van der Waals surface area contributed by atoms with Gasteiger partial charge in [-0.25, -0.2) is 9.78 Å². The van der Waals surface area contributed by atoms with E-state index in [4.69, 9.17) is 0 Å². The fourth-order valence-electron chi connectivity index (χ4n) is 2.37. The standard InChI is InChI=1S/C16H19N3O2S2/c1-23(21)13-6-2-11(3-7-13)10-18-16(20)19-14(12-4-5-12)15-17-8-9-22-15/h2-3,6-9,12,14H,4-5,10H2,1H3,(H2,18,19,20)/t14-,23-/m1/s1. The molecule has 0 unspecified atom stereocenters. The Morgan fingerprint density at radius 2 is 2.13 bits per heavy atom. The van der Waals surface area contributed by atoms with Crippen LogP contribution in [0.2, 0.25) is 0 Å². The van der Waals surface area contributed by atoms with Crippen LogP contribution in [0.3, 0.4) is 0 Å². The first-order valence-corrected chi connectivity index (χ1v) is 9.93. The molecule has 0 bridgehead atoms. The zero-order chi connectivity index (χ0) is 16.2. The van der Waals surface area contributed by atoms with Crippen LogP contribution >= 0.6 is 11.3 Å². The lowest BCUT2D eigenvalue weighted by atomic mass is 10.2. The third-order valence-corrected chi connectivity index (χ3v) is 5.60. The molecule has 1 saturated carbocycles. The summed E-state index contributed by atoms with van der Waals surface area (Å²) >= 11 is 1.58. The van der Waals surface area contributed by atoms with E-state index < -0.39 is 10.8 Å². The van der Waals surface area contributed by atoms with Crippen LogP contribution in [0.25, 0.3) is 0 Å². The van der Waals surface area contributed by atoms with Crippen LogP contribution in [-0.4, -0.2) is 21.5 Å². The normalized spacial score (nSPS) is 16.6. The highest BCUT2D eigenvalue weighted by Crippen LogP contribution is 2.41. The van der Waals surface area contributed by atoms with Crippen molar-refractivity contribution in [3.05, 3.63) is 46.4 Å². The first-order valence-electron chi connectivity index (χ1n) is 7.49. The van der Waals surface area contributed by atoms with Gasteiger partial charge in [0, 0.05) is 40.1 Å². The number of aromatic nitrogens is 1. The highest BCUT2D eigenvalue weighted by Gasteiger charge is 2.34. The molecule has 1 aromatic carbocycles. The van der Waals surface area contributed by atoms with Crippen LogP contribution in [0.15, 0.2) is 40.7 Å². The van der Waals surface area contributed by atoms with E-state index in [9.17, 15) is 9.00 Å². The first kappa shape index (κ1) is 16.1. The van der Waals surface area contributed by atoms with E-state index in [0.29, 0.717) is 12.5 Å². The van der Waals surface area contributed by atoms with Crippen molar-refractivity contribution in [3.63, 3.8) is 0 Å². The fraction of sp³-hybridized carbons (Fsp3) is 0.375. The summed E-state index contributed by atoms with van der Waals surface area (Å²) in [5, 5.41) is 8.81. The minimum Gasteiger partial charge on any atom is -0.334 e. The van der Waals surface area contributed by atoms with Crippen LogP contribution in [0.1, 0.15) is 29.5 Å². The van der Waals surface area contributed by atoms with Gasteiger partial charge >= 0.3 is 6.03 Å². The second kappa shape index (κ2) is 7.23. The molecule has 5 nitrogen and oxygen atoms in total. The summed E-state index contributed by atoms with van der Waals surface area (Å²) in [6.07, 6.45) is 5.70. The van der Waals surface area contributed by atoms with Crippen molar-refractivity contribution in [1.29, 1.82) is 0 Å². The van der Waals surface area contributed by atoms with Gasteiger partial charge < -0.3 is 10.6 Å². The summed E-state index contributed by atoms with van der Waals surface area (Å²) in [7, 11) is -0.979. The first-order chi connectivity index (χ1) is 11.1. The van der Waals surface area contributed by atoms with Gasteiger partial charge in [-0.2, -0.15) is 0 Å². The SMILES string of the molecule is C[S@@](=O)c1ccc(CNC(=O)N[C@@H](c2nccs2)C2CC2)cc1. The van der Waals surface area contributed by atoms with Crippen LogP contribution in [-0.2, 0) is 17.3 Å². The van der Waals surface area contributed by atoms with Crippen molar-refractivity contribution in [2.75, 3.05) is 6.26 Å². The second-order valence-electron chi connectivity index (χ2n) is 5.61. The molecule has 7 heteroatoms. The number of thiazole rings is 1. The number of hydrogen-bond donors (Lipinski definition) is 2. The van der Waals surface area contributed by atoms with E-state index in [1.165, 1.54) is 0 Å². The molecule has 1 fully saturated rings. The van der Waals surface area contributed by atoms with Crippen LogP contribution in [0, 0.1) is 5.92 Å². The molecule has 23 heavy (non-hydrogen) atoms. The van der Waals surface area contributed by atoms with Gasteiger partial charge in [-0.15, -0.1) is 11.3 Å². The smallest absolute Gasteiger partial charge is 0.315 e. The van der Waals surface area contributed by atoms with Gasteiger partial charge in [0.15, 0.2) is 0 Å². The molecule has 1 aliphatic rings. The number of hydrogen-bond acceptors (Lipinski definition) is 4. The molecule has 0 aliphatic heterocycles. The average Bonchev–Trinajstić information content (AvgIpc) is 3.25. The summed E-state index contributed by atoms with van der Waals surface area (Å²) in [4.78, 5) is 17.2. The van der Waals surface area contributed by atoms with Gasteiger partial charge in [0.25, 0.3) is 0 Å². The molecule has 2 amide bonds. The Kier molecular flexibility index (Phi) is 5.07. The third-order valence-electron chi connectivity index (χ3n) is 3.81. The quantitative estimate of drug-likeness (QED) is 0.842. The van der Waals surface area contributed by atoms with Crippen molar-refractivity contribution in [3.8, 4) is 0 Å². The highest BCUT2D eigenvalue weighted by atomic mass is 32.2. The number of urea groups is 1. The van der Waals surface area contributed by atoms with E-state index in [-0.39, 0.29) is 12.1 Å². The molecule has 1 aliphatic carbocycles. The van der Waals surface area contributed by atoms with Crippen LogP contribution in [0.5, 0.6) is 0 Å². The number of benzene rings is 1. The summed E-state index contributed by atoms with van der Waals surface area (Å²) in [5.41, 5.74) is 0.978. The lowest BCUT2D eigenvalue weighted by molar-refractivity contribution is 0.235. The monoisotopic (exact) mass is 349 g/mol. The Bertz CT molecular complexity index is 682. The van der Waals surface area contributed by atoms with E-state index in [2.05, 4.69) is 15.6 Å².